The summed E-state index contributed by atoms with van der Waals surface area (Å²) < 4.78 is 3.37. The number of fused-ring (bicyclic) bond motifs is 1. The summed E-state index contributed by atoms with van der Waals surface area (Å²) in [6.45, 7) is 5.31. The number of aryl methyl sites for hydroxylation is 1. The van der Waals surface area contributed by atoms with Gasteiger partial charge in [0.05, 0.1) is 5.69 Å². The molecule has 3 aromatic heterocycles. The largest absolute Gasteiger partial charge is 0.350 e. The van der Waals surface area contributed by atoms with E-state index in [0.29, 0.717) is 28.7 Å². The third-order valence-electron chi connectivity index (χ3n) is 4.65. The van der Waals surface area contributed by atoms with Crippen LogP contribution in [0, 0.1) is 12.8 Å². The third kappa shape index (κ3) is 4.12. The molecule has 0 bridgehead atoms. The Balaban J connectivity index is 1.54. The highest BCUT2D eigenvalue weighted by Crippen LogP contribution is 2.21. The quantitative estimate of drug-likeness (QED) is 0.528. The first-order valence-electron chi connectivity index (χ1n) is 9.24. The molecular formula is C20H20ClN7O. The van der Waals surface area contributed by atoms with Gasteiger partial charge in [0.2, 0.25) is 0 Å². The number of nitrogens with one attached hydrogen (secondary N) is 1. The zero-order valence-electron chi connectivity index (χ0n) is 16.1. The monoisotopic (exact) mass is 409 g/mol. The van der Waals surface area contributed by atoms with Gasteiger partial charge in [0, 0.05) is 35.6 Å². The number of rotatable bonds is 6. The van der Waals surface area contributed by atoms with Crippen LogP contribution in [0.15, 0.2) is 48.9 Å². The number of benzene rings is 1. The smallest absolute Gasteiger partial charge is 0.270 e. The summed E-state index contributed by atoms with van der Waals surface area (Å²) in [4.78, 5) is 21.5. The van der Waals surface area contributed by atoms with Crippen molar-refractivity contribution < 1.29 is 4.79 Å². The molecule has 0 saturated carbocycles. The summed E-state index contributed by atoms with van der Waals surface area (Å²) in [5, 5.41) is 12.0. The van der Waals surface area contributed by atoms with Crippen LogP contribution < -0.4 is 5.32 Å². The number of nitrogens with zero attached hydrogens (tertiary/aromatic N) is 6. The number of amides is 1. The van der Waals surface area contributed by atoms with Gasteiger partial charge in [-0.05, 0) is 37.1 Å². The molecule has 8 nitrogen and oxygen atoms in total. The summed E-state index contributed by atoms with van der Waals surface area (Å²) in [6.07, 6.45) is 3.16. The minimum Gasteiger partial charge on any atom is -0.350 e. The molecule has 0 aliphatic heterocycles. The maximum Gasteiger partial charge on any atom is 0.270 e. The second-order valence-electron chi connectivity index (χ2n) is 6.98. The van der Waals surface area contributed by atoms with Crippen LogP contribution in [0.2, 0.25) is 5.02 Å². The lowest BCUT2D eigenvalue weighted by molar-refractivity contribution is 0.0939. The van der Waals surface area contributed by atoms with Crippen molar-refractivity contribution in [3.8, 4) is 11.3 Å². The van der Waals surface area contributed by atoms with Gasteiger partial charge < -0.3 is 5.32 Å². The lowest BCUT2D eigenvalue weighted by Crippen LogP contribution is -2.31. The minimum atomic E-state index is -0.234. The number of carbonyl (C=O) groups is 1. The van der Waals surface area contributed by atoms with E-state index in [-0.39, 0.29) is 11.8 Å². The van der Waals surface area contributed by atoms with Gasteiger partial charge in [-0.2, -0.15) is 19.7 Å². The molecule has 0 aliphatic rings. The normalized spacial score (nSPS) is 12.2. The minimum absolute atomic E-state index is 0.210. The predicted octanol–water partition coefficient (Wildman–Crippen LogP) is 3.02. The van der Waals surface area contributed by atoms with E-state index >= 15 is 0 Å². The Kier molecular flexibility index (Phi) is 5.26. The molecule has 29 heavy (non-hydrogen) atoms. The second kappa shape index (κ2) is 8.00. The van der Waals surface area contributed by atoms with Gasteiger partial charge in [-0.3, -0.25) is 9.48 Å². The molecule has 1 aromatic carbocycles. The fourth-order valence-electron chi connectivity index (χ4n) is 3.05. The lowest BCUT2D eigenvalue weighted by Gasteiger charge is -2.14. The fourth-order valence-corrected chi connectivity index (χ4v) is 3.18. The second-order valence-corrected chi connectivity index (χ2v) is 7.41. The van der Waals surface area contributed by atoms with Crippen molar-refractivity contribution in [2.75, 3.05) is 6.54 Å². The Morgan fingerprint density at radius 3 is 2.72 bits per heavy atom. The lowest BCUT2D eigenvalue weighted by atomic mass is 10.1. The molecule has 4 aromatic rings. The Bertz CT molecular complexity index is 1150. The number of aromatic nitrogens is 6. The standard InChI is InChI=1S/C20H20ClN7O/c1-13(11-27-14(2)7-8-24-27)10-22-19(29)18-9-17(15-3-5-16(21)6-4-15)26-20-23-12-25-28(18)20/h3-9,12-13H,10-11H2,1-2H3,(H,22,29)/t13-/m0/s1. The molecule has 0 spiro atoms. The number of carbonyl (C=O) groups excluding carboxylic acids is 1. The van der Waals surface area contributed by atoms with E-state index in [4.69, 9.17) is 11.6 Å². The molecule has 0 saturated heterocycles. The molecule has 0 radical (unpaired) electrons. The Labute approximate surface area is 172 Å². The number of hydrogen-bond donors (Lipinski definition) is 1. The van der Waals surface area contributed by atoms with Gasteiger partial charge in [0.1, 0.15) is 12.0 Å². The summed E-state index contributed by atoms with van der Waals surface area (Å²) in [6, 6.07) is 10.9. The summed E-state index contributed by atoms with van der Waals surface area (Å²) in [5.41, 5.74) is 2.94. The van der Waals surface area contributed by atoms with E-state index in [9.17, 15) is 4.79 Å². The summed E-state index contributed by atoms with van der Waals surface area (Å²) in [7, 11) is 0. The zero-order chi connectivity index (χ0) is 20.4. The van der Waals surface area contributed by atoms with Gasteiger partial charge in [-0.15, -0.1) is 0 Å². The van der Waals surface area contributed by atoms with E-state index in [0.717, 1.165) is 17.8 Å². The van der Waals surface area contributed by atoms with Gasteiger partial charge in [-0.1, -0.05) is 30.7 Å². The van der Waals surface area contributed by atoms with Crippen LogP contribution >= 0.6 is 11.6 Å². The van der Waals surface area contributed by atoms with Crippen LogP contribution in [0.4, 0.5) is 0 Å². The van der Waals surface area contributed by atoms with Crippen LogP contribution in [0.1, 0.15) is 23.1 Å². The predicted molar refractivity (Wildman–Crippen MR) is 110 cm³/mol. The highest BCUT2D eigenvalue weighted by molar-refractivity contribution is 6.30. The van der Waals surface area contributed by atoms with Crippen LogP contribution in [-0.2, 0) is 6.54 Å². The van der Waals surface area contributed by atoms with Crippen molar-refractivity contribution in [2.45, 2.75) is 20.4 Å². The van der Waals surface area contributed by atoms with Gasteiger partial charge in [-0.25, -0.2) is 4.98 Å². The van der Waals surface area contributed by atoms with Crippen molar-refractivity contribution in [3.05, 3.63) is 65.3 Å². The summed E-state index contributed by atoms with van der Waals surface area (Å²) >= 11 is 5.97. The highest BCUT2D eigenvalue weighted by atomic mass is 35.5. The van der Waals surface area contributed by atoms with Crippen molar-refractivity contribution in [1.82, 2.24) is 34.7 Å². The van der Waals surface area contributed by atoms with Crippen molar-refractivity contribution >= 4 is 23.3 Å². The highest BCUT2D eigenvalue weighted by Gasteiger charge is 2.16. The van der Waals surface area contributed by atoms with Crippen molar-refractivity contribution in [3.63, 3.8) is 0 Å². The Hall–Kier alpha value is -3.26. The molecular weight excluding hydrogens is 390 g/mol. The summed E-state index contributed by atoms with van der Waals surface area (Å²) in [5.74, 6) is 0.339. The van der Waals surface area contributed by atoms with E-state index in [1.807, 2.05) is 29.8 Å². The van der Waals surface area contributed by atoms with Crippen LogP contribution in [0.5, 0.6) is 0 Å². The molecule has 0 fully saturated rings. The van der Waals surface area contributed by atoms with Gasteiger partial charge >= 0.3 is 0 Å². The van der Waals surface area contributed by atoms with Crippen molar-refractivity contribution in [2.24, 2.45) is 5.92 Å². The Morgan fingerprint density at radius 2 is 2.00 bits per heavy atom. The van der Waals surface area contributed by atoms with Crippen LogP contribution in [0.25, 0.3) is 17.0 Å². The third-order valence-corrected chi connectivity index (χ3v) is 4.90. The van der Waals surface area contributed by atoms with E-state index in [2.05, 4.69) is 32.4 Å². The van der Waals surface area contributed by atoms with Crippen LogP contribution in [0.3, 0.4) is 0 Å². The molecule has 4 rings (SSSR count). The van der Waals surface area contributed by atoms with E-state index in [1.165, 1.54) is 10.8 Å². The SMILES string of the molecule is Cc1ccnn1C[C@@H](C)CNC(=O)c1cc(-c2ccc(Cl)cc2)nc2ncnn12. The average molecular weight is 410 g/mol. The molecule has 1 amide bonds. The molecule has 3 heterocycles. The van der Waals surface area contributed by atoms with Gasteiger partial charge in [0.25, 0.3) is 11.7 Å². The number of halogens is 1. The topological polar surface area (TPSA) is 90.0 Å². The molecule has 1 atom stereocenters. The molecule has 9 heteroatoms. The molecule has 0 unspecified atom stereocenters. The van der Waals surface area contributed by atoms with Crippen LogP contribution in [-0.4, -0.2) is 41.8 Å². The average Bonchev–Trinajstić information content (AvgIpc) is 3.35. The molecule has 0 aliphatic carbocycles. The molecule has 148 valence electrons. The fraction of sp³-hybridized carbons (Fsp3) is 0.250. The maximum atomic E-state index is 12.9. The van der Waals surface area contributed by atoms with Crippen molar-refractivity contribution in [1.29, 1.82) is 0 Å². The number of hydrogen-bond acceptors (Lipinski definition) is 5. The maximum absolute atomic E-state index is 12.9. The first-order valence-corrected chi connectivity index (χ1v) is 9.62. The first kappa shape index (κ1) is 19.1. The van der Waals surface area contributed by atoms with Gasteiger partial charge in [0.15, 0.2) is 0 Å². The Morgan fingerprint density at radius 1 is 1.21 bits per heavy atom. The first-order chi connectivity index (χ1) is 14.0. The zero-order valence-corrected chi connectivity index (χ0v) is 16.8. The van der Waals surface area contributed by atoms with E-state index in [1.54, 1.807) is 24.4 Å². The van der Waals surface area contributed by atoms with E-state index < -0.39 is 0 Å². The molecule has 1 N–H and O–H groups in total.